The van der Waals surface area contributed by atoms with Crippen LogP contribution in [0.5, 0.6) is 11.5 Å². The number of ether oxygens (including phenoxy) is 2. The number of amides is 1. The lowest BCUT2D eigenvalue weighted by atomic mass is 10.1. The molecule has 1 aliphatic rings. The topological polar surface area (TPSA) is 77.8 Å². The van der Waals surface area contributed by atoms with E-state index in [4.69, 9.17) is 26.3 Å². The van der Waals surface area contributed by atoms with Crippen molar-refractivity contribution in [1.82, 2.24) is 9.80 Å². The highest BCUT2D eigenvalue weighted by atomic mass is 35.5. The first kappa shape index (κ1) is 21.9. The Bertz CT molecular complexity index is 936. The molecule has 0 saturated carbocycles. The zero-order valence-corrected chi connectivity index (χ0v) is 17.9. The first-order valence-electron chi connectivity index (χ1n) is 9.67. The SMILES string of the molecule is COc1ccc(CN2CCN(CC(=O)Nc3ccc(C#N)c(Cl)c3)CC2)cc1OC. The number of nitriles is 1. The van der Waals surface area contributed by atoms with Gasteiger partial charge in [-0.2, -0.15) is 5.26 Å². The Balaban J connectivity index is 1.47. The van der Waals surface area contributed by atoms with Crippen LogP contribution in [0.4, 0.5) is 5.69 Å². The summed E-state index contributed by atoms with van der Waals surface area (Å²) in [6.07, 6.45) is 0. The summed E-state index contributed by atoms with van der Waals surface area (Å²) in [5.41, 5.74) is 2.15. The molecule has 1 aliphatic heterocycles. The van der Waals surface area contributed by atoms with Gasteiger partial charge in [0, 0.05) is 38.4 Å². The van der Waals surface area contributed by atoms with Crippen molar-refractivity contribution in [2.24, 2.45) is 0 Å². The van der Waals surface area contributed by atoms with Gasteiger partial charge in [0.05, 0.1) is 31.4 Å². The average Bonchev–Trinajstić information content (AvgIpc) is 2.75. The molecule has 0 aliphatic carbocycles. The van der Waals surface area contributed by atoms with Crippen LogP contribution in [0.1, 0.15) is 11.1 Å². The van der Waals surface area contributed by atoms with Gasteiger partial charge < -0.3 is 14.8 Å². The van der Waals surface area contributed by atoms with Crippen LogP contribution in [0.25, 0.3) is 0 Å². The summed E-state index contributed by atoms with van der Waals surface area (Å²) in [6.45, 7) is 4.53. The van der Waals surface area contributed by atoms with Gasteiger partial charge in [0.2, 0.25) is 5.91 Å². The maximum Gasteiger partial charge on any atom is 0.238 e. The van der Waals surface area contributed by atoms with Crippen LogP contribution in [0.3, 0.4) is 0 Å². The van der Waals surface area contributed by atoms with E-state index in [9.17, 15) is 4.79 Å². The first-order valence-corrected chi connectivity index (χ1v) is 10.0. The van der Waals surface area contributed by atoms with Gasteiger partial charge in [0.15, 0.2) is 11.5 Å². The van der Waals surface area contributed by atoms with Gasteiger partial charge in [-0.1, -0.05) is 17.7 Å². The van der Waals surface area contributed by atoms with Gasteiger partial charge in [0.1, 0.15) is 6.07 Å². The van der Waals surface area contributed by atoms with E-state index in [-0.39, 0.29) is 5.91 Å². The second-order valence-corrected chi connectivity index (χ2v) is 7.50. The highest BCUT2D eigenvalue weighted by Gasteiger charge is 2.19. The van der Waals surface area contributed by atoms with Crippen LogP contribution in [-0.2, 0) is 11.3 Å². The lowest BCUT2D eigenvalue weighted by Gasteiger charge is -2.34. The highest BCUT2D eigenvalue weighted by Crippen LogP contribution is 2.28. The molecule has 1 N–H and O–H groups in total. The van der Waals surface area contributed by atoms with Crippen molar-refractivity contribution >= 4 is 23.2 Å². The van der Waals surface area contributed by atoms with Crippen molar-refractivity contribution in [2.75, 3.05) is 52.3 Å². The molecule has 0 aromatic heterocycles. The third-order valence-electron chi connectivity index (χ3n) is 5.06. The van der Waals surface area contributed by atoms with Crippen molar-refractivity contribution < 1.29 is 14.3 Å². The molecule has 30 heavy (non-hydrogen) atoms. The number of rotatable bonds is 7. The normalized spacial score (nSPS) is 14.7. The Morgan fingerprint density at radius 1 is 1.07 bits per heavy atom. The van der Waals surface area contributed by atoms with E-state index in [1.165, 1.54) is 0 Å². The van der Waals surface area contributed by atoms with Crippen molar-refractivity contribution in [3.05, 3.63) is 52.5 Å². The van der Waals surface area contributed by atoms with Crippen LogP contribution >= 0.6 is 11.6 Å². The third kappa shape index (κ3) is 5.63. The fourth-order valence-electron chi connectivity index (χ4n) is 3.43. The first-order chi connectivity index (χ1) is 14.5. The number of piperazine rings is 1. The summed E-state index contributed by atoms with van der Waals surface area (Å²) in [7, 11) is 3.26. The predicted molar refractivity (Wildman–Crippen MR) is 116 cm³/mol. The predicted octanol–water partition coefficient (Wildman–Crippen LogP) is 2.99. The van der Waals surface area contributed by atoms with Gasteiger partial charge in [0.25, 0.3) is 0 Å². The van der Waals surface area contributed by atoms with Crippen LogP contribution in [0.2, 0.25) is 5.02 Å². The fraction of sp³-hybridized carbons (Fsp3) is 0.364. The Kier molecular flexibility index (Phi) is 7.52. The number of nitrogens with zero attached hydrogens (tertiary/aromatic N) is 3. The minimum absolute atomic E-state index is 0.0934. The molecular formula is C22H25ClN4O3. The molecule has 1 heterocycles. The van der Waals surface area contributed by atoms with Gasteiger partial charge in [-0.3, -0.25) is 14.6 Å². The Hall–Kier alpha value is -2.79. The van der Waals surface area contributed by atoms with Crippen LogP contribution in [0, 0.1) is 11.3 Å². The maximum absolute atomic E-state index is 12.3. The molecule has 0 atom stereocenters. The van der Waals surface area contributed by atoms with E-state index in [2.05, 4.69) is 15.1 Å². The number of benzene rings is 2. The third-order valence-corrected chi connectivity index (χ3v) is 5.37. The molecule has 0 spiro atoms. The van der Waals surface area contributed by atoms with E-state index < -0.39 is 0 Å². The van der Waals surface area contributed by atoms with E-state index in [1.807, 2.05) is 24.3 Å². The fourth-order valence-corrected chi connectivity index (χ4v) is 3.65. The maximum atomic E-state index is 12.3. The number of anilines is 1. The molecule has 2 aromatic carbocycles. The average molecular weight is 429 g/mol. The van der Waals surface area contributed by atoms with Gasteiger partial charge in [-0.25, -0.2) is 0 Å². The van der Waals surface area contributed by atoms with Crippen molar-refractivity contribution in [3.63, 3.8) is 0 Å². The standard InChI is InChI=1S/C22H25ClN4O3/c1-29-20-6-3-16(11-21(20)30-2)14-26-7-9-27(10-8-26)15-22(28)25-18-5-4-17(13-24)19(23)12-18/h3-6,11-12H,7-10,14-15H2,1-2H3,(H,25,28). The Labute approximate surface area is 181 Å². The molecular weight excluding hydrogens is 404 g/mol. The summed E-state index contributed by atoms with van der Waals surface area (Å²) < 4.78 is 10.7. The molecule has 158 valence electrons. The summed E-state index contributed by atoms with van der Waals surface area (Å²) in [5.74, 6) is 1.36. The number of halogens is 1. The molecule has 0 bridgehead atoms. The lowest BCUT2D eigenvalue weighted by Crippen LogP contribution is -2.48. The minimum Gasteiger partial charge on any atom is -0.493 e. The molecule has 7 nitrogen and oxygen atoms in total. The quantitative estimate of drug-likeness (QED) is 0.730. The molecule has 0 unspecified atom stereocenters. The second kappa shape index (κ2) is 10.3. The minimum atomic E-state index is -0.0934. The summed E-state index contributed by atoms with van der Waals surface area (Å²) in [5, 5.41) is 12.1. The van der Waals surface area contributed by atoms with Gasteiger partial charge >= 0.3 is 0 Å². The molecule has 1 saturated heterocycles. The zero-order valence-electron chi connectivity index (χ0n) is 17.2. The van der Waals surface area contributed by atoms with E-state index in [1.54, 1.807) is 32.4 Å². The smallest absolute Gasteiger partial charge is 0.238 e. The monoisotopic (exact) mass is 428 g/mol. The number of carbonyl (C=O) groups is 1. The number of hydrogen-bond acceptors (Lipinski definition) is 6. The number of methoxy groups -OCH3 is 2. The van der Waals surface area contributed by atoms with Crippen molar-refractivity contribution in [1.29, 1.82) is 5.26 Å². The molecule has 3 rings (SSSR count). The van der Waals surface area contributed by atoms with E-state index in [0.29, 0.717) is 22.8 Å². The molecule has 2 aromatic rings. The summed E-state index contributed by atoms with van der Waals surface area (Å²) >= 11 is 6.02. The van der Waals surface area contributed by atoms with Crippen LogP contribution in [0.15, 0.2) is 36.4 Å². The Morgan fingerprint density at radius 3 is 2.40 bits per heavy atom. The van der Waals surface area contributed by atoms with Crippen molar-refractivity contribution in [3.8, 4) is 17.6 Å². The number of nitrogens with one attached hydrogen (secondary N) is 1. The highest BCUT2D eigenvalue weighted by molar-refractivity contribution is 6.32. The van der Waals surface area contributed by atoms with E-state index in [0.717, 1.165) is 49.8 Å². The molecule has 1 amide bonds. The zero-order chi connectivity index (χ0) is 21.5. The largest absolute Gasteiger partial charge is 0.493 e. The van der Waals surface area contributed by atoms with Crippen molar-refractivity contribution in [2.45, 2.75) is 6.54 Å². The van der Waals surface area contributed by atoms with Gasteiger partial charge in [-0.15, -0.1) is 0 Å². The number of hydrogen-bond donors (Lipinski definition) is 1. The summed E-state index contributed by atoms with van der Waals surface area (Å²) in [4.78, 5) is 16.8. The Morgan fingerprint density at radius 2 is 1.77 bits per heavy atom. The lowest BCUT2D eigenvalue weighted by molar-refractivity contribution is -0.117. The molecule has 1 fully saturated rings. The number of carbonyl (C=O) groups excluding carboxylic acids is 1. The molecule has 0 radical (unpaired) electrons. The van der Waals surface area contributed by atoms with E-state index >= 15 is 0 Å². The van der Waals surface area contributed by atoms with Crippen LogP contribution < -0.4 is 14.8 Å². The van der Waals surface area contributed by atoms with Crippen LogP contribution in [-0.4, -0.2) is 62.7 Å². The van der Waals surface area contributed by atoms with Gasteiger partial charge in [-0.05, 0) is 35.9 Å². The summed E-state index contributed by atoms with van der Waals surface area (Å²) in [6, 6.07) is 12.9. The second-order valence-electron chi connectivity index (χ2n) is 7.10. The molecule has 8 heteroatoms.